The van der Waals surface area contributed by atoms with E-state index in [0.717, 1.165) is 18.9 Å². The quantitative estimate of drug-likeness (QED) is 0.812. The summed E-state index contributed by atoms with van der Waals surface area (Å²) in [7, 11) is 0. The molecule has 1 aromatic heterocycles. The van der Waals surface area contributed by atoms with Crippen LogP contribution >= 0.6 is 0 Å². The molecule has 0 radical (unpaired) electrons. The average Bonchev–Trinajstić information content (AvgIpc) is 3.48. The first kappa shape index (κ1) is 18.9. The highest BCUT2D eigenvalue weighted by Gasteiger charge is 2.32. The van der Waals surface area contributed by atoms with Gasteiger partial charge in [0.25, 0.3) is 0 Å². The van der Waals surface area contributed by atoms with Crippen LogP contribution in [0.4, 0.5) is 14.5 Å². The van der Waals surface area contributed by atoms with Gasteiger partial charge in [-0.25, -0.2) is 13.6 Å². The Balaban J connectivity index is 1.95. The molecule has 0 spiro atoms. The van der Waals surface area contributed by atoms with E-state index in [1.165, 1.54) is 6.20 Å². The van der Waals surface area contributed by atoms with E-state index in [1.54, 1.807) is 16.4 Å². The maximum Gasteiger partial charge on any atom is 0.343 e. The summed E-state index contributed by atoms with van der Waals surface area (Å²) in [6.07, 6.45) is 3.00. The molecule has 4 rings (SSSR count). The summed E-state index contributed by atoms with van der Waals surface area (Å²) < 4.78 is 37.1. The van der Waals surface area contributed by atoms with Crippen LogP contribution in [-0.2, 0) is 4.74 Å². The Kier molecular flexibility index (Phi) is 4.82. The average molecular weight is 391 g/mol. The first-order valence-corrected chi connectivity index (χ1v) is 9.64. The fourth-order valence-corrected chi connectivity index (χ4v) is 3.85. The van der Waals surface area contributed by atoms with Crippen molar-refractivity contribution in [3.8, 4) is 0 Å². The number of anilines is 1. The van der Waals surface area contributed by atoms with Gasteiger partial charge in [-0.05, 0) is 32.8 Å². The summed E-state index contributed by atoms with van der Waals surface area (Å²) in [6, 6.07) is 1.15. The number of esters is 1. The van der Waals surface area contributed by atoms with Crippen LogP contribution in [0.3, 0.4) is 0 Å². The van der Waals surface area contributed by atoms with Crippen LogP contribution in [0.1, 0.15) is 43.1 Å². The number of halogens is 2. The maximum atomic E-state index is 15.6. The molecule has 28 heavy (non-hydrogen) atoms. The number of rotatable bonds is 4. The largest absolute Gasteiger partial charge is 0.462 e. The van der Waals surface area contributed by atoms with E-state index in [-0.39, 0.29) is 40.8 Å². The first-order valence-electron chi connectivity index (χ1n) is 9.64. The Morgan fingerprint density at radius 3 is 2.75 bits per heavy atom. The lowest BCUT2D eigenvalue weighted by molar-refractivity contribution is 0.0524. The van der Waals surface area contributed by atoms with Crippen molar-refractivity contribution in [2.45, 2.75) is 38.8 Å². The van der Waals surface area contributed by atoms with E-state index in [0.29, 0.717) is 19.6 Å². The molecule has 2 aromatic rings. The minimum absolute atomic E-state index is 0.00830. The van der Waals surface area contributed by atoms with E-state index in [4.69, 9.17) is 4.74 Å². The molecule has 1 atom stereocenters. The number of nitrogens with zero attached hydrogens (tertiary/aromatic N) is 2. The third-order valence-electron chi connectivity index (χ3n) is 5.30. The molecule has 1 aromatic carbocycles. The molecule has 8 heteroatoms. The number of hydrogen-bond acceptors (Lipinski definition) is 5. The third-order valence-corrected chi connectivity index (χ3v) is 5.30. The van der Waals surface area contributed by atoms with Gasteiger partial charge in [-0.15, -0.1) is 0 Å². The second kappa shape index (κ2) is 7.16. The maximum absolute atomic E-state index is 15.6. The molecule has 1 saturated heterocycles. The summed E-state index contributed by atoms with van der Waals surface area (Å²) in [4.78, 5) is 26.7. The monoisotopic (exact) mass is 391 g/mol. The summed E-state index contributed by atoms with van der Waals surface area (Å²) in [5.41, 5.74) is -0.950. The molecule has 150 valence electrons. The molecule has 0 bridgehead atoms. The van der Waals surface area contributed by atoms with Crippen molar-refractivity contribution in [1.29, 1.82) is 0 Å². The van der Waals surface area contributed by atoms with E-state index >= 15 is 4.39 Å². The number of benzene rings is 1. The predicted molar refractivity (Wildman–Crippen MR) is 102 cm³/mol. The zero-order valence-electron chi connectivity index (χ0n) is 15.9. The van der Waals surface area contributed by atoms with Crippen molar-refractivity contribution < 1.29 is 18.3 Å². The Labute approximate surface area is 161 Å². The smallest absolute Gasteiger partial charge is 0.343 e. The van der Waals surface area contributed by atoms with Crippen LogP contribution in [0, 0.1) is 11.6 Å². The molecule has 2 fully saturated rings. The summed E-state index contributed by atoms with van der Waals surface area (Å²) in [5, 5.41) is 3.12. The van der Waals surface area contributed by atoms with Crippen LogP contribution in [0.15, 0.2) is 17.1 Å². The molecule has 6 nitrogen and oxygen atoms in total. The first-order chi connectivity index (χ1) is 13.4. The van der Waals surface area contributed by atoms with Gasteiger partial charge in [0.2, 0.25) is 5.43 Å². The lowest BCUT2D eigenvalue weighted by Crippen LogP contribution is -2.49. The Morgan fingerprint density at radius 2 is 2.11 bits per heavy atom. The van der Waals surface area contributed by atoms with E-state index in [2.05, 4.69) is 5.32 Å². The Bertz CT molecular complexity index is 1000. The van der Waals surface area contributed by atoms with Crippen molar-refractivity contribution in [3.05, 3.63) is 39.7 Å². The molecule has 1 aliphatic heterocycles. The number of piperazine rings is 1. The number of nitrogens with one attached hydrogen (secondary N) is 1. The third kappa shape index (κ3) is 3.15. The zero-order valence-corrected chi connectivity index (χ0v) is 15.9. The van der Waals surface area contributed by atoms with Gasteiger partial charge in [-0.1, -0.05) is 0 Å². The number of hydrogen-bond donors (Lipinski definition) is 1. The fraction of sp³-hybridized carbons (Fsp3) is 0.500. The molecule has 1 saturated carbocycles. The SMILES string of the molecule is CCOC(=O)c1cn(C2CC2)c2c(F)c(N3CCN[C@@H](C)C3)c(F)cc2c1=O. The van der Waals surface area contributed by atoms with Crippen LogP contribution in [0.2, 0.25) is 0 Å². The number of pyridine rings is 1. The molecular formula is C20H23F2N3O3. The van der Waals surface area contributed by atoms with Crippen molar-refractivity contribution in [1.82, 2.24) is 9.88 Å². The predicted octanol–water partition coefficient (Wildman–Crippen LogP) is 2.59. The van der Waals surface area contributed by atoms with Gasteiger partial charge in [0, 0.05) is 37.9 Å². The normalized spacial score (nSPS) is 19.9. The lowest BCUT2D eigenvalue weighted by atomic mass is 10.1. The van der Waals surface area contributed by atoms with Gasteiger partial charge < -0.3 is 19.5 Å². The molecule has 0 amide bonds. The molecular weight excluding hydrogens is 368 g/mol. The molecule has 1 N–H and O–H groups in total. The highest BCUT2D eigenvalue weighted by Crippen LogP contribution is 2.39. The molecule has 2 aliphatic rings. The zero-order chi connectivity index (χ0) is 20.0. The highest BCUT2D eigenvalue weighted by molar-refractivity contribution is 5.95. The van der Waals surface area contributed by atoms with E-state index in [1.807, 2.05) is 6.92 Å². The Hall–Kier alpha value is -2.48. The molecule has 2 heterocycles. The van der Waals surface area contributed by atoms with Crippen LogP contribution < -0.4 is 15.6 Å². The molecule has 1 aliphatic carbocycles. The van der Waals surface area contributed by atoms with Gasteiger partial charge in [0.05, 0.1) is 17.5 Å². The fourth-order valence-electron chi connectivity index (χ4n) is 3.85. The highest BCUT2D eigenvalue weighted by atomic mass is 19.1. The minimum Gasteiger partial charge on any atom is -0.462 e. The van der Waals surface area contributed by atoms with Crippen LogP contribution in [-0.4, -0.2) is 42.8 Å². The van der Waals surface area contributed by atoms with E-state index in [9.17, 15) is 14.0 Å². The van der Waals surface area contributed by atoms with Crippen molar-refractivity contribution in [2.24, 2.45) is 0 Å². The van der Waals surface area contributed by atoms with Crippen molar-refractivity contribution in [3.63, 3.8) is 0 Å². The lowest BCUT2D eigenvalue weighted by Gasteiger charge is -2.34. The number of aromatic nitrogens is 1. The second-order valence-corrected chi connectivity index (χ2v) is 7.45. The van der Waals surface area contributed by atoms with Crippen LogP contribution in [0.5, 0.6) is 0 Å². The topological polar surface area (TPSA) is 63.6 Å². The minimum atomic E-state index is -0.792. The summed E-state index contributed by atoms with van der Waals surface area (Å²) >= 11 is 0. The standard InChI is InChI=1S/C20H23F2N3O3/c1-3-28-20(27)14-10-25(12-4-5-12)17-13(19(14)26)8-15(21)18(16(17)22)24-7-6-23-11(2)9-24/h8,10-12,23H,3-7,9H2,1-2H3/t11-/m0/s1. The number of carbonyl (C=O) groups excluding carboxylic acids is 1. The van der Waals surface area contributed by atoms with Gasteiger partial charge in [-0.2, -0.15) is 0 Å². The van der Waals surface area contributed by atoms with Gasteiger partial charge in [-0.3, -0.25) is 4.79 Å². The number of carbonyl (C=O) groups is 1. The van der Waals surface area contributed by atoms with Crippen LogP contribution in [0.25, 0.3) is 10.9 Å². The summed E-state index contributed by atoms with van der Waals surface area (Å²) in [6.45, 7) is 5.26. The second-order valence-electron chi connectivity index (χ2n) is 7.45. The summed E-state index contributed by atoms with van der Waals surface area (Å²) in [5.74, 6) is -2.31. The molecule has 0 unspecified atom stereocenters. The number of fused-ring (bicyclic) bond motifs is 1. The number of ether oxygens (including phenoxy) is 1. The van der Waals surface area contributed by atoms with E-state index < -0.39 is 23.0 Å². The van der Waals surface area contributed by atoms with Gasteiger partial charge in [0.15, 0.2) is 5.82 Å². The van der Waals surface area contributed by atoms with Crippen molar-refractivity contribution in [2.75, 3.05) is 31.1 Å². The van der Waals surface area contributed by atoms with Crippen molar-refractivity contribution >= 4 is 22.6 Å². The Morgan fingerprint density at radius 1 is 1.36 bits per heavy atom. The van der Waals surface area contributed by atoms with Gasteiger partial charge in [0.1, 0.15) is 17.1 Å². The van der Waals surface area contributed by atoms with Gasteiger partial charge >= 0.3 is 5.97 Å².